The average molecular weight is 495 g/mol. The summed E-state index contributed by atoms with van der Waals surface area (Å²) in [5, 5.41) is 0. The summed E-state index contributed by atoms with van der Waals surface area (Å²) in [6.45, 7) is 4.40. The highest BCUT2D eigenvalue weighted by atomic mass is 19.1. The van der Waals surface area contributed by atoms with Gasteiger partial charge in [-0.05, 0) is 85.1 Å². The Morgan fingerprint density at radius 3 is 2.22 bits per heavy atom. The molecule has 4 rings (SSSR count). The monoisotopic (exact) mass is 494 g/mol. The molecule has 0 unspecified atom stereocenters. The first-order chi connectivity index (χ1) is 18.1. The maximum absolute atomic E-state index is 14.5. The van der Waals surface area contributed by atoms with Gasteiger partial charge < -0.3 is 0 Å². The number of aryl methyl sites for hydroxylation is 2. The van der Waals surface area contributed by atoms with E-state index in [4.69, 9.17) is 0 Å². The molecule has 0 heterocycles. The number of halogens is 1. The highest BCUT2D eigenvalue weighted by molar-refractivity contribution is 5.70. The second-order valence-corrected chi connectivity index (χ2v) is 11.0. The van der Waals surface area contributed by atoms with Gasteiger partial charge in [0, 0.05) is 5.56 Å². The van der Waals surface area contributed by atoms with Crippen molar-refractivity contribution >= 4 is 12.2 Å². The zero-order chi connectivity index (χ0) is 25.9. The Bertz CT molecular complexity index is 1130. The van der Waals surface area contributed by atoms with Crippen molar-refractivity contribution in [3.8, 4) is 0 Å². The van der Waals surface area contributed by atoms with Crippen molar-refractivity contribution < 1.29 is 4.39 Å². The quantitative estimate of drug-likeness (QED) is 0.184. The SMILES string of the molecule is C/C=C/CCc1ccc(C=Cc2ccc(CCC3CCC(C[C@@H](C)c4ccccc4)CC3)cc2)c(F)c1. The third-order valence-corrected chi connectivity index (χ3v) is 8.20. The minimum Gasteiger partial charge on any atom is -0.206 e. The molecule has 0 spiro atoms. The molecule has 0 aromatic heterocycles. The molecule has 194 valence electrons. The first-order valence-electron chi connectivity index (χ1n) is 14.3. The van der Waals surface area contributed by atoms with Crippen LogP contribution in [0.25, 0.3) is 12.2 Å². The van der Waals surface area contributed by atoms with E-state index in [1.807, 2.05) is 37.3 Å². The molecular formula is C36H43F. The van der Waals surface area contributed by atoms with Crippen LogP contribution in [0.1, 0.15) is 92.5 Å². The van der Waals surface area contributed by atoms with Crippen molar-refractivity contribution in [2.24, 2.45) is 11.8 Å². The molecule has 1 heteroatoms. The first-order valence-corrected chi connectivity index (χ1v) is 14.3. The number of rotatable bonds is 11. The van der Waals surface area contributed by atoms with E-state index < -0.39 is 0 Å². The molecule has 1 aliphatic rings. The molecule has 0 radical (unpaired) electrons. The molecule has 0 saturated heterocycles. The smallest absolute Gasteiger partial charge is 0.130 e. The molecule has 3 aromatic carbocycles. The van der Waals surface area contributed by atoms with Gasteiger partial charge in [-0.3, -0.25) is 0 Å². The first kappa shape index (κ1) is 27.1. The van der Waals surface area contributed by atoms with Gasteiger partial charge in [0.25, 0.3) is 0 Å². The molecule has 1 fully saturated rings. The predicted octanol–water partition coefficient (Wildman–Crippen LogP) is 10.4. The lowest BCUT2D eigenvalue weighted by Gasteiger charge is -2.30. The maximum atomic E-state index is 14.5. The fraction of sp³-hybridized carbons (Fsp3) is 0.389. The van der Waals surface area contributed by atoms with Crippen LogP contribution in [0.15, 0.2) is 84.9 Å². The summed E-state index contributed by atoms with van der Waals surface area (Å²) >= 11 is 0. The van der Waals surface area contributed by atoms with Crippen LogP contribution in [0, 0.1) is 17.7 Å². The molecule has 0 N–H and O–H groups in total. The van der Waals surface area contributed by atoms with E-state index in [9.17, 15) is 4.39 Å². The summed E-state index contributed by atoms with van der Waals surface area (Å²) in [7, 11) is 0. The molecule has 3 aromatic rings. The second-order valence-electron chi connectivity index (χ2n) is 11.0. The van der Waals surface area contributed by atoms with Crippen LogP contribution in [-0.2, 0) is 12.8 Å². The summed E-state index contributed by atoms with van der Waals surface area (Å²) in [6, 6.07) is 25.4. The molecule has 1 saturated carbocycles. The zero-order valence-corrected chi connectivity index (χ0v) is 22.7. The summed E-state index contributed by atoms with van der Waals surface area (Å²) < 4.78 is 14.5. The Hall–Kier alpha value is -2.93. The molecule has 0 aliphatic heterocycles. The van der Waals surface area contributed by atoms with Crippen LogP contribution in [0.2, 0.25) is 0 Å². The normalized spacial score (nSPS) is 19.0. The van der Waals surface area contributed by atoms with Crippen molar-refractivity contribution in [1.82, 2.24) is 0 Å². The van der Waals surface area contributed by atoms with Gasteiger partial charge >= 0.3 is 0 Å². The van der Waals surface area contributed by atoms with E-state index in [1.54, 1.807) is 6.07 Å². The van der Waals surface area contributed by atoms with Gasteiger partial charge in [0.2, 0.25) is 0 Å². The number of benzene rings is 3. The van der Waals surface area contributed by atoms with Crippen LogP contribution in [0.3, 0.4) is 0 Å². The number of allylic oxidation sites excluding steroid dienone is 2. The molecular weight excluding hydrogens is 451 g/mol. The molecule has 0 amide bonds. The van der Waals surface area contributed by atoms with Crippen molar-refractivity contribution in [3.05, 3.63) is 119 Å². The Balaban J connectivity index is 1.20. The Morgan fingerprint density at radius 2 is 1.51 bits per heavy atom. The summed E-state index contributed by atoms with van der Waals surface area (Å²) in [5.74, 6) is 2.28. The molecule has 0 bridgehead atoms. The minimum atomic E-state index is -0.143. The van der Waals surface area contributed by atoms with Crippen molar-refractivity contribution in [2.75, 3.05) is 0 Å². The van der Waals surface area contributed by atoms with Gasteiger partial charge in [-0.1, -0.05) is 124 Å². The molecule has 0 nitrogen and oxygen atoms in total. The topological polar surface area (TPSA) is 0 Å². The molecule has 37 heavy (non-hydrogen) atoms. The lowest BCUT2D eigenvalue weighted by Crippen LogP contribution is -2.16. The van der Waals surface area contributed by atoms with E-state index in [2.05, 4.69) is 67.6 Å². The van der Waals surface area contributed by atoms with Gasteiger partial charge in [0.15, 0.2) is 0 Å². The fourth-order valence-corrected chi connectivity index (χ4v) is 5.80. The largest absolute Gasteiger partial charge is 0.206 e. The predicted molar refractivity (Wildman–Crippen MR) is 158 cm³/mol. The summed E-state index contributed by atoms with van der Waals surface area (Å²) in [6.07, 6.45) is 19.2. The van der Waals surface area contributed by atoms with Gasteiger partial charge in [0.05, 0.1) is 0 Å². The minimum absolute atomic E-state index is 0.143. The lowest BCUT2D eigenvalue weighted by molar-refractivity contribution is 0.245. The molecule has 1 aliphatic carbocycles. The fourth-order valence-electron chi connectivity index (χ4n) is 5.80. The number of hydrogen-bond acceptors (Lipinski definition) is 0. The Kier molecular flexibility index (Phi) is 10.4. The maximum Gasteiger partial charge on any atom is 0.130 e. The van der Waals surface area contributed by atoms with Crippen molar-refractivity contribution in [3.63, 3.8) is 0 Å². The summed E-state index contributed by atoms with van der Waals surface area (Å²) in [4.78, 5) is 0. The Labute approximate surface area is 224 Å². The van der Waals surface area contributed by atoms with Crippen LogP contribution in [0.4, 0.5) is 4.39 Å². The summed E-state index contributed by atoms with van der Waals surface area (Å²) in [5.41, 5.74) is 5.71. The third-order valence-electron chi connectivity index (χ3n) is 8.20. The van der Waals surface area contributed by atoms with Crippen molar-refractivity contribution in [2.45, 2.75) is 77.6 Å². The van der Waals surface area contributed by atoms with E-state index in [0.717, 1.165) is 42.2 Å². The average Bonchev–Trinajstić information content (AvgIpc) is 2.93. The van der Waals surface area contributed by atoms with E-state index in [0.29, 0.717) is 11.5 Å². The van der Waals surface area contributed by atoms with Crippen LogP contribution < -0.4 is 0 Å². The molecule has 1 atom stereocenters. The van der Waals surface area contributed by atoms with Crippen LogP contribution in [0.5, 0.6) is 0 Å². The van der Waals surface area contributed by atoms with Gasteiger partial charge in [-0.15, -0.1) is 0 Å². The van der Waals surface area contributed by atoms with Crippen molar-refractivity contribution in [1.29, 1.82) is 0 Å². The van der Waals surface area contributed by atoms with Crippen LogP contribution >= 0.6 is 0 Å². The van der Waals surface area contributed by atoms with E-state index in [1.165, 1.54) is 49.7 Å². The highest BCUT2D eigenvalue weighted by Crippen LogP contribution is 2.37. The second kappa shape index (κ2) is 14.1. The number of hydrogen-bond donors (Lipinski definition) is 0. The zero-order valence-electron chi connectivity index (χ0n) is 22.7. The van der Waals surface area contributed by atoms with Gasteiger partial charge in [-0.2, -0.15) is 0 Å². The standard InChI is InChI=1S/C36H43F/c1-3-4-6-9-32-23-25-35(36(37)27-32)24-22-31-16-14-29(15-17-31)12-13-30-18-20-33(21-19-30)26-28(2)34-10-7-5-8-11-34/h3-5,7-8,10-11,14-17,22-25,27-28,30,33H,6,9,12-13,18-21,26H2,1-2H3/b4-3+,24-22?/t28-,30?,33?/m1/s1. The van der Waals surface area contributed by atoms with Gasteiger partial charge in [-0.25, -0.2) is 4.39 Å². The van der Waals surface area contributed by atoms with E-state index in [-0.39, 0.29) is 5.82 Å². The Morgan fingerprint density at radius 1 is 0.811 bits per heavy atom. The highest BCUT2D eigenvalue weighted by Gasteiger charge is 2.23. The van der Waals surface area contributed by atoms with E-state index >= 15 is 0 Å². The van der Waals surface area contributed by atoms with Gasteiger partial charge in [0.1, 0.15) is 5.82 Å². The van der Waals surface area contributed by atoms with Crippen LogP contribution in [-0.4, -0.2) is 0 Å². The lowest BCUT2D eigenvalue weighted by atomic mass is 9.76. The third kappa shape index (κ3) is 8.56.